The second-order valence-corrected chi connectivity index (χ2v) is 7.47. The number of hydrogen-bond acceptors (Lipinski definition) is 3. The minimum absolute atomic E-state index is 0.0524. The lowest BCUT2D eigenvalue weighted by Crippen LogP contribution is -2.46. The fourth-order valence-electron chi connectivity index (χ4n) is 1.50. The highest BCUT2D eigenvalue weighted by Gasteiger charge is 2.27. The lowest BCUT2D eigenvalue weighted by molar-refractivity contribution is 0.141. The molecule has 1 aromatic carbocycles. The molecule has 4 nitrogen and oxygen atoms in total. The van der Waals surface area contributed by atoms with E-state index < -0.39 is 15.6 Å². The van der Waals surface area contributed by atoms with Crippen LogP contribution in [-0.2, 0) is 14.8 Å². The van der Waals surface area contributed by atoms with E-state index in [4.69, 9.17) is 16.3 Å². The van der Waals surface area contributed by atoms with Crippen molar-refractivity contribution in [2.75, 3.05) is 13.7 Å². The van der Waals surface area contributed by atoms with Crippen LogP contribution < -0.4 is 4.72 Å². The fourth-order valence-corrected chi connectivity index (χ4v) is 3.94. The van der Waals surface area contributed by atoms with Gasteiger partial charge in [0.1, 0.15) is 4.90 Å². The molecule has 0 aliphatic rings. The van der Waals surface area contributed by atoms with Gasteiger partial charge in [0.25, 0.3) is 0 Å². The van der Waals surface area contributed by atoms with Crippen LogP contribution in [0.3, 0.4) is 0 Å². The molecular weight excluding hydrogens is 342 g/mol. The monoisotopic (exact) mass is 355 g/mol. The van der Waals surface area contributed by atoms with Crippen molar-refractivity contribution < 1.29 is 13.2 Å². The third-order valence-electron chi connectivity index (χ3n) is 2.10. The molecule has 0 atom stereocenters. The Kier molecular flexibility index (Phi) is 5.20. The standard InChI is InChI=1S/C11H15BrClNO3S/c1-11(2,7-17-3)14-18(15,16)10-5-4-8(12)6-9(10)13/h4-6,14H,7H2,1-3H3. The molecule has 0 saturated heterocycles. The normalized spacial score (nSPS) is 12.7. The molecule has 1 N–H and O–H groups in total. The maximum Gasteiger partial charge on any atom is 0.242 e. The number of methoxy groups -OCH3 is 1. The Morgan fingerprint density at radius 2 is 2.06 bits per heavy atom. The number of rotatable bonds is 5. The predicted octanol–water partition coefficient (Wildman–Crippen LogP) is 2.81. The first-order chi connectivity index (χ1) is 8.18. The van der Waals surface area contributed by atoms with E-state index in [-0.39, 0.29) is 16.5 Å². The van der Waals surface area contributed by atoms with Crippen molar-refractivity contribution in [1.82, 2.24) is 4.72 Å². The molecule has 0 amide bonds. The molecule has 0 aliphatic carbocycles. The third kappa shape index (κ3) is 4.20. The Morgan fingerprint density at radius 1 is 1.44 bits per heavy atom. The first-order valence-electron chi connectivity index (χ1n) is 5.16. The largest absolute Gasteiger partial charge is 0.383 e. The topological polar surface area (TPSA) is 55.4 Å². The zero-order chi connectivity index (χ0) is 14.0. The zero-order valence-electron chi connectivity index (χ0n) is 10.3. The van der Waals surface area contributed by atoms with E-state index in [2.05, 4.69) is 20.7 Å². The minimum atomic E-state index is -3.67. The lowest BCUT2D eigenvalue weighted by Gasteiger charge is -2.25. The Balaban J connectivity index is 3.07. The van der Waals surface area contributed by atoms with Crippen molar-refractivity contribution in [1.29, 1.82) is 0 Å². The number of sulfonamides is 1. The van der Waals surface area contributed by atoms with Gasteiger partial charge in [0.2, 0.25) is 10.0 Å². The van der Waals surface area contributed by atoms with E-state index in [1.54, 1.807) is 26.0 Å². The summed E-state index contributed by atoms with van der Waals surface area (Å²) in [7, 11) is -2.15. The highest BCUT2D eigenvalue weighted by Crippen LogP contribution is 2.26. The van der Waals surface area contributed by atoms with E-state index in [0.29, 0.717) is 0 Å². The Morgan fingerprint density at radius 3 is 2.56 bits per heavy atom. The Bertz CT molecular complexity index is 531. The van der Waals surface area contributed by atoms with Crippen molar-refractivity contribution in [2.45, 2.75) is 24.3 Å². The van der Waals surface area contributed by atoms with Crippen LogP contribution >= 0.6 is 27.5 Å². The van der Waals surface area contributed by atoms with Gasteiger partial charge in [-0.2, -0.15) is 0 Å². The van der Waals surface area contributed by atoms with E-state index in [9.17, 15) is 8.42 Å². The summed E-state index contributed by atoms with van der Waals surface area (Å²) in [5.41, 5.74) is -0.704. The van der Waals surface area contributed by atoms with Crippen molar-refractivity contribution in [3.05, 3.63) is 27.7 Å². The molecule has 0 saturated carbocycles. The van der Waals surface area contributed by atoms with E-state index in [1.165, 1.54) is 13.2 Å². The van der Waals surface area contributed by atoms with E-state index in [1.807, 2.05) is 0 Å². The van der Waals surface area contributed by atoms with Gasteiger partial charge in [-0.3, -0.25) is 0 Å². The van der Waals surface area contributed by atoms with Gasteiger partial charge in [-0.1, -0.05) is 27.5 Å². The molecule has 0 spiro atoms. The number of nitrogens with one attached hydrogen (secondary N) is 1. The van der Waals surface area contributed by atoms with Crippen LogP contribution in [0.1, 0.15) is 13.8 Å². The lowest BCUT2D eigenvalue weighted by atomic mass is 10.1. The van der Waals surface area contributed by atoms with Crippen LogP contribution in [0.15, 0.2) is 27.6 Å². The van der Waals surface area contributed by atoms with Gasteiger partial charge in [0.05, 0.1) is 17.2 Å². The van der Waals surface area contributed by atoms with Gasteiger partial charge in [-0.05, 0) is 32.0 Å². The summed E-state index contributed by atoms with van der Waals surface area (Å²) < 4.78 is 32.6. The summed E-state index contributed by atoms with van der Waals surface area (Å²) >= 11 is 9.17. The second-order valence-electron chi connectivity index (χ2n) is 4.50. The van der Waals surface area contributed by atoms with E-state index in [0.717, 1.165) is 4.47 Å². The van der Waals surface area contributed by atoms with Gasteiger partial charge in [0.15, 0.2) is 0 Å². The maximum atomic E-state index is 12.2. The average molecular weight is 357 g/mol. The average Bonchev–Trinajstić information content (AvgIpc) is 2.14. The van der Waals surface area contributed by atoms with Gasteiger partial charge < -0.3 is 4.74 Å². The van der Waals surface area contributed by atoms with Gasteiger partial charge >= 0.3 is 0 Å². The molecule has 0 aromatic heterocycles. The van der Waals surface area contributed by atoms with Gasteiger partial charge in [-0.25, -0.2) is 13.1 Å². The van der Waals surface area contributed by atoms with Crippen LogP contribution in [0.5, 0.6) is 0 Å². The first kappa shape index (κ1) is 15.9. The van der Waals surface area contributed by atoms with Gasteiger partial charge in [-0.15, -0.1) is 0 Å². The Hall–Kier alpha value is -0.140. The highest BCUT2D eigenvalue weighted by molar-refractivity contribution is 9.10. The molecule has 1 rings (SSSR count). The Labute approximate surface area is 121 Å². The van der Waals surface area contributed by atoms with Crippen LogP contribution in [-0.4, -0.2) is 27.7 Å². The second kappa shape index (κ2) is 5.88. The number of hydrogen-bond donors (Lipinski definition) is 1. The van der Waals surface area contributed by atoms with Crippen LogP contribution in [0.25, 0.3) is 0 Å². The summed E-state index contributed by atoms with van der Waals surface area (Å²) in [5.74, 6) is 0. The van der Waals surface area contributed by atoms with Crippen LogP contribution in [0, 0.1) is 0 Å². The molecule has 1 aromatic rings. The number of ether oxygens (including phenoxy) is 1. The van der Waals surface area contributed by atoms with Crippen molar-refractivity contribution in [3.63, 3.8) is 0 Å². The van der Waals surface area contributed by atoms with Gasteiger partial charge in [0, 0.05) is 11.6 Å². The van der Waals surface area contributed by atoms with Crippen molar-refractivity contribution in [2.24, 2.45) is 0 Å². The summed E-state index contributed by atoms with van der Waals surface area (Å²) in [6.07, 6.45) is 0. The fraction of sp³-hybridized carbons (Fsp3) is 0.455. The third-order valence-corrected chi connectivity index (χ3v) is 4.77. The summed E-state index contributed by atoms with van der Waals surface area (Å²) in [5, 5.41) is 0.171. The SMILES string of the molecule is COCC(C)(C)NS(=O)(=O)c1ccc(Br)cc1Cl. The molecular formula is C11H15BrClNO3S. The molecule has 18 heavy (non-hydrogen) atoms. The molecule has 0 aliphatic heterocycles. The predicted molar refractivity (Wildman–Crippen MR) is 75.4 cm³/mol. The summed E-state index contributed by atoms with van der Waals surface area (Å²) in [4.78, 5) is 0.0524. The first-order valence-corrected chi connectivity index (χ1v) is 7.81. The molecule has 0 bridgehead atoms. The van der Waals surface area contributed by atoms with Crippen molar-refractivity contribution in [3.8, 4) is 0 Å². The zero-order valence-corrected chi connectivity index (χ0v) is 13.5. The molecule has 0 radical (unpaired) electrons. The number of halogens is 2. The van der Waals surface area contributed by atoms with Crippen molar-refractivity contribution >= 4 is 37.6 Å². The molecule has 0 fully saturated rings. The summed E-state index contributed by atoms with van der Waals surface area (Å²) in [6.45, 7) is 3.74. The molecule has 0 heterocycles. The highest BCUT2D eigenvalue weighted by atomic mass is 79.9. The maximum absolute atomic E-state index is 12.2. The van der Waals surface area contributed by atoms with Crippen LogP contribution in [0.2, 0.25) is 5.02 Å². The smallest absolute Gasteiger partial charge is 0.242 e. The molecule has 7 heteroatoms. The molecule has 102 valence electrons. The van der Waals surface area contributed by atoms with E-state index >= 15 is 0 Å². The molecule has 0 unspecified atom stereocenters. The minimum Gasteiger partial charge on any atom is -0.383 e. The summed E-state index contributed by atoms with van der Waals surface area (Å²) in [6, 6.07) is 4.63. The number of benzene rings is 1. The quantitative estimate of drug-likeness (QED) is 0.882. The van der Waals surface area contributed by atoms with Crippen LogP contribution in [0.4, 0.5) is 0 Å².